The monoisotopic (exact) mass is 261 g/mol. The first-order valence-electron chi connectivity index (χ1n) is 6.15. The Hall–Kier alpha value is -2.24. The average molecular weight is 261 g/mol. The number of hydrogen-bond donors (Lipinski definition) is 1. The number of amides is 4. The zero-order valence-corrected chi connectivity index (χ0v) is 10.8. The summed E-state index contributed by atoms with van der Waals surface area (Å²) in [4.78, 5) is 40.7. The molecule has 100 valence electrons. The van der Waals surface area contributed by atoms with E-state index < -0.39 is 23.8 Å². The van der Waals surface area contributed by atoms with E-state index in [9.17, 15) is 14.4 Å². The second-order valence-electron chi connectivity index (χ2n) is 4.53. The van der Waals surface area contributed by atoms with Crippen LogP contribution in [0.4, 0.5) is 10.5 Å². The summed E-state index contributed by atoms with van der Waals surface area (Å²) < 4.78 is 0. The molecule has 1 N–H and O–H groups in total. The fourth-order valence-electron chi connectivity index (χ4n) is 2.07. The van der Waals surface area contributed by atoms with Gasteiger partial charge in [0.2, 0.25) is 11.8 Å². The highest BCUT2D eigenvalue weighted by atomic mass is 16.2. The summed E-state index contributed by atoms with van der Waals surface area (Å²) in [6.45, 7) is 3.70. The molecule has 4 amide bonds. The smallest absolute Gasteiger partial charge is 0.277 e. The lowest BCUT2D eigenvalue weighted by Crippen LogP contribution is -2.58. The molecule has 0 aromatic carbocycles. The SMILES string of the molecule is CCCC1C(=O)NC(=O)N(c2cncc(C)c2)C1=O. The van der Waals surface area contributed by atoms with Crippen molar-refractivity contribution in [1.29, 1.82) is 0 Å². The van der Waals surface area contributed by atoms with Crippen molar-refractivity contribution in [1.82, 2.24) is 10.3 Å². The molecule has 2 rings (SSSR count). The number of hydrogen-bond acceptors (Lipinski definition) is 4. The van der Waals surface area contributed by atoms with Gasteiger partial charge in [-0.2, -0.15) is 0 Å². The van der Waals surface area contributed by atoms with Crippen LogP contribution in [0.15, 0.2) is 18.5 Å². The van der Waals surface area contributed by atoms with E-state index in [1.54, 1.807) is 12.3 Å². The van der Waals surface area contributed by atoms with Crippen molar-refractivity contribution in [2.24, 2.45) is 5.92 Å². The number of nitrogens with zero attached hydrogens (tertiary/aromatic N) is 2. The van der Waals surface area contributed by atoms with Gasteiger partial charge >= 0.3 is 6.03 Å². The highest BCUT2D eigenvalue weighted by molar-refractivity contribution is 6.27. The van der Waals surface area contributed by atoms with Gasteiger partial charge < -0.3 is 0 Å². The van der Waals surface area contributed by atoms with Crippen LogP contribution in [0.3, 0.4) is 0 Å². The Morgan fingerprint density at radius 2 is 2.05 bits per heavy atom. The number of urea groups is 1. The Morgan fingerprint density at radius 1 is 1.32 bits per heavy atom. The van der Waals surface area contributed by atoms with Gasteiger partial charge in [0.25, 0.3) is 0 Å². The zero-order chi connectivity index (χ0) is 14.0. The number of aryl methyl sites for hydroxylation is 1. The molecule has 1 unspecified atom stereocenters. The molecule has 1 saturated heterocycles. The first kappa shape index (κ1) is 13.2. The molecule has 19 heavy (non-hydrogen) atoms. The van der Waals surface area contributed by atoms with Gasteiger partial charge in [-0.25, -0.2) is 9.69 Å². The molecular formula is C13H15N3O3. The summed E-state index contributed by atoms with van der Waals surface area (Å²) in [5.74, 6) is -1.81. The third-order valence-corrected chi connectivity index (χ3v) is 2.96. The van der Waals surface area contributed by atoms with Gasteiger partial charge in [0.05, 0.1) is 11.9 Å². The van der Waals surface area contributed by atoms with E-state index in [1.165, 1.54) is 6.20 Å². The van der Waals surface area contributed by atoms with E-state index in [1.807, 2.05) is 13.8 Å². The van der Waals surface area contributed by atoms with Gasteiger partial charge in [0.1, 0.15) is 5.92 Å². The number of carbonyl (C=O) groups is 3. The first-order valence-corrected chi connectivity index (χ1v) is 6.15. The summed E-state index contributed by atoms with van der Waals surface area (Å²) >= 11 is 0. The van der Waals surface area contributed by atoms with E-state index in [0.717, 1.165) is 10.5 Å². The van der Waals surface area contributed by atoms with Crippen LogP contribution in [0.2, 0.25) is 0 Å². The number of rotatable bonds is 3. The largest absolute Gasteiger partial charge is 0.335 e. The van der Waals surface area contributed by atoms with Crippen LogP contribution in [-0.2, 0) is 9.59 Å². The molecule has 1 fully saturated rings. The van der Waals surface area contributed by atoms with Crippen LogP contribution in [0.5, 0.6) is 0 Å². The van der Waals surface area contributed by atoms with E-state index >= 15 is 0 Å². The first-order chi connectivity index (χ1) is 9.04. The van der Waals surface area contributed by atoms with Crippen molar-refractivity contribution < 1.29 is 14.4 Å². The van der Waals surface area contributed by atoms with Gasteiger partial charge in [-0.3, -0.25) is 19.9 Å². The van der Waals surface area contributed by atoms with Crippen LogP contribution in [-0.4, -0.2) is 22.8 Å². The lowest BCUT2D eigenvalue weighted by atomic mass is 9.99. The van der Waals surface area contributed by atoms with Crippen molar-refractivity contribution in [2.75, 3.05) is 4.90 Å². The maximum Gasteiger partial charge on any atom is 0.335 e. The number of barbiturate groups is 1. The van der Waals surface area contributed by atoms with Gasteiger partial charge in [-0.05, 0) is 25.0 Å². The Balaban J connectivity index is 2.36. The molecule has 1 aromatic rings. The molecule has 6 heteroatoms. The lowest BCUT2D eigenvalue weighted by Gasteiger charge is -2.29. The minimum Gasteiger partial charge on any atom is -0.277 e. The van der Waals surface area contributed by atoms with Crippen molar-refractivity contribution in [3.63, 3.8) is 0 Å². The molecule has 6 nitrogen and oxygen atoms in total. The second-order valence-corrected chi connectivity index (χ2v) is 4.53. The van der Waals surface area contributed by atoms with Crippen LogP contribution >= 0.6 is 0 Å². The maximum atomic E-state index is 12.3. The summed E-state index contributed by atoms with van der Waals surface area (Å²) in [6.07, 6.45) is 4.18. The summed E-state index contributed by atoms with van der Waals surface area (Å²) in [7, 11) is 0. The highest BCUT2D eigenvalue weighted by Crippen LogP contribution is 2.22. The molecule has 1 atom stereocenters. The predicted octanol–water partition coefficient (Wildman–Crippen LogP) is 1.39. The number of aromatic nitrogens is 1. The molecule has 0 radical (unpaired) electrons. The van der Waals surface area contributed by atoms with Gasteiger partial charge in [-0.15, -0.1) is 0 Å². The van der Waals surface area contributed by atoms with Gasteiger partial charge in [0, 0.05) is 6.20 Å². The minimum atomic E-state index is -0.803. The minimum absolute atomic E-state index is 0.385. The fourth-order valence-corrected chi connectivity index (χ4v) is 2.07. The van der Waals surface area contributed by atoms with Crippen LogP contribution in [0, 0.1) is 12.8 Å². The Bertz CT molecular complexity index is 542. The van der Waals surface area contributed by atoms with E-state index in [2.05, 4.69) is 10.3 Å². The van der Waals surface area contributed by atoms with Crippen LogP contribution in [0.1, 0.15) is 25.3 Å². The number of nitrogens with one attached hydrogen (secondary N) is 1. The van der Waals surface area contributed by atoms with Crippen molar-refractivity contribution >= 4 is 23.5 Å². The van der Waals surface area contributed by atoms with Gasteiger partial charge in [0.15, 0.2) is 0 Å². The van der Waals surface area contributed by atoms with E-state index in [-0.39, 0.29) is 0 Å². The van der Waals surface area contributed by atoms with Gasteiger partial charge in [-0.1, -0.05) is 13.3 Å². The molecule has 0 bridgehead atoms. The normalized spacial score (nSPS) is 19.6. The average Bonchev–Trinajstić information content (AvgIpc) is 2.34. The zero-order valence-electron chi connectivity index (χ0n) is 10.8. The van der Waals surface area contributed by atoms with Crippen molar-refractivity contribution in [2.45, 2.75) is 26.7 Å². The van der Waals surface area contributed by atoms with Crippen LogP contribution < -0.4 is 10.2 Å². The van der Waals surface area contributed by atoms with Crippen molar-refractivity contribution in [3.8, 4) is 0 Å². The predicted molar refractivity (Wildman–Crippen MR) is 68.4 cm³/mol. The molecule has 0 saturated carbocycles. The number of pyridine rings is 1. The molecule has 0 spiro atoms. The molecular weight excluding hydrogens is 246 g/mol. The maximum absolute atomic E-state index is 12.3. The number of imide groups is 2. The Kier molecular flexibility index (Phi) is 3.59. The lowest BCUT2D eigenvalue weighted by molar-refractivity contribution is -0.134. The highest BCUT2D eigenvalue weighted by Gasteiger charge is 2.40. The summed E-state index contributed by atoms with van der Waals surface area (Å²) in [5, 5.41) is 2.21. The third-order valence-electron chi connectivity index (χ3n) is 2.96. The molecule has 2 heterocycles. The molecule has 0 aliphatic carbocycles. The van der Waals surface area contributed by atoms with Crippen molar-refractivity contribution in [3.05, 3.63) is 24.0 Å². The molecule has 1 aliphatic heterocycles. The standard InChI is InChI=1S/C13H15N3O3/c1-3-4-10-11(17)15-13(19)16(12(10)18)9-5-8(2)6-14-7-9/h5-7,10H,3-4H2,1-2H3,(H,15,17,19). The third kappa shape index (κ3) is 2.47. The number of carbonyl (C=O) groups excluding carboxylic acids is 3. The quantitative estimate of drug-likeness (QED) is 0.834. The molecule has 1 aliphatic rings. The number of anilines is 1. The topological polar surface area (TPSA) is 79.4 Å². The van der Waals surface area contributed by atoms with E-state index in [0.29, 0.717) is 18.5 Å². The summed E-state index contributed by atoms with van der Waals surface area (Å²) in [6, 6.07) is 0.971. The second kappa shape index (κ2) is 5.17. The molecule has 1 aromatic heterocycles. The Labute approximate surface area is 110 Å². The Morgan fingerprint density at radius 3 is 2.68 bits per heavy atom. The summed E-state index contributed by atoms with van der Waals surface area (Å²) in [5.41, 5.74) is 1.22. The van der Waals surface area contributed by atoms with E-state index in [4.69, 9.17) is 0 Å². The fraction of sp³-hybridized carbons (Fsp3) is 0.385. The van der Waals surface area contributed by atoms with Crippen LogP contribution in [0.25, 0.3) is 0 Å².